The van der Waals surface area contributed by atoms with Crippen molar-refractivity contribution >= 4 is 11.7 Å². The maximum absolute atomic E-state index is 12.4. The van der Waals surface area contributed by atoms with Crippen LogP contribution in [-0.2, 0) is 4.79 Å². The fourth-order valence-corrected chi connectivity index (χ4v) is 2.70. The topological polar surface area (TPSA) is 91.0 Å². The molecule has 6 nitrogen and oxygen atoms in total. The van der Waals surface area contributed by atoms with Crippen molar-refractivity contribution in [3.05, 3.63) is 35.9 Å². The molecule has 1 aromatic carbocycles. The van der Waals surface area contributed by atoms with Crippen molar-refractivity contribution in [1.29, 1.82) is 0 Å². The monoisotopic (exact) mass is 290 g/mol. The Balaban J connectivity index is 2.02. The van der Waals surface area contributed by atoms with Gasteiger partial charge in [0, 0.05) is 13.1 Å². The molecule has 2 rings (SSSR count). The molecule has 0 spiro atoms. The van der Waals surface area contributed by atoms with E-state index in [1.165, 1.54) is 0 Å². The molecule has 6 heteroatoms. The van der Waals surface area contributed by atoms with E-state index in [2.05, 4.69) is 22.4 Å². The van der Waals surface area contributed by atoms with E-state index in [1.54, 1.807) is 12.1 Å². The van der Waals surface area contributed by atoms with Crippen molar-refractivity contribution in [2.75, 3.05) is 26.7 Å². The van der Waals surface area contributed by atoms with Gasteiger partial charge in [0.1, 0.15) is 5.92 Å². The fourth-order valence-electron chi connectivity index (χ4n) is 2.70. The molecule has 114 valence electrons. The molecular formula is C15H22N4O2. The smallest absolute Gasteiger partial charge is 0.235 e. The summed E-state index contributed by atoms with van der Waals surface area (Å²) in [6, 6.07) is 9.11. The first-order chi connectivity index (χ1) is 10.1. The summed E-state index contributed by atoms with van der Waals surface area (Å²) in [7, 11) is 2.07. The van der Waals surface area contributed by atoms with Crippen molar-refractivity contribution < 1.29 is 10.0 Å². The van der Waals surface area contributed by atoms with Gasteiger partial charge in [-0.3, -0.25) is 4.79 Å². The average molecular weight is 290 g/mol. The number of carbonyl (C=O) groups is 1. The molecule has 1 fully saturated rings. The molecule has 0 aliphatic carbocycles. The number of amidine groups is 1. The summed E-state index contributed by atoms with van der Waals surface area (Å²) in [5.74, 6) is -0.619. The number of benzene rings is 1. The van der Waals surface area contributed by atoms with Crippen LogP contribution in [0.3, 0.4) is 0 Å². The van der Waals surface area contributed by atoms with Crippen molar-refractivity contribution in [2.24, 2.45) is 16.8 Å². The predicted octanol–water partition coefficient (Wildman–Crippen LogP) is 0.585. The summed E-state index contributed by atoms with van der Waals surface area (Å²) < 4.78 is 0. The number of nitrogens with two attached hydrogens (primary N) is 1. The van der Waals surface area contributed by atoms with Gasteiger partial charge in [-0.05, 0) is 31.5 Å². The summed E-state index contributed by atoms with van der Waals surface area (Å²) in [5, 5.41) is 14.8. The van der Waals surface area contributed by atoms with Crippen LogP contribution in [0, 0.1) is 5.92 Å². The van der Waals surface area contributed by atoms with Crippen molar-refractivity contribution in [1.82, 2.24) is 10.2 Å². The lowest BCUT2D eigenvalue weighted by molar-refractivity contribution is -0.121. The molecule has 0 bridgehead atoms. The molecule has 0 aromatic heterocycles. The predicted molar refractivity (Wildman–Crippen MR) is 81.2 cm³/mol. The number of amides is 1. The van der Waals surface area contributed by atoms with E-state index in [1.807, 2.05) is 18.2 Å². The standard InChI is InChI=1S/C15H22N4O2/c1-19-8-7-11(10-19)9-17-15(20)13(14(16)18-21)12-5-3-2-4-6-12/h2-6,11,13,21H,7-10H2,1H3,(H2,16,18)(H,17,20). The second-order valence-electron chi connectivity index (χ2n) is 5.53. The van der Waals surface area contributed by atoms with E-state index in [0.29, 0.717) is 18.0 Å². The Kier molecular flexibility index (Phi) is 5.16. The number of likely N-dealkylation sites (tertiary alicyclic amines) is 1. The molecule has 0 saturated carbocycles. The fraction of sp³-hybridized carbons (Fsp3) is 0.467. The number of hydrogen-bond acceptors (Lipinski definition) is 4. The van der Waals surface area contributed by atoms with Gasteiger partial charge in [0.05, 0.1) is 0 Å². The largest absolute Gasteiger partial charge is 0.409 e. The Morgan fingerprint density at radius 1 is 1.52 bits per heavy atom. The lowest BCUT2D eigenvalue weighted by atomic mass is 9.97. The normalized spacial score (nSPS) is 21.2. The lowest BCUT2D eigenvalue weighted by Crippen LogP contribution is -2.39. The first kappa shape index (κ1) is 15.3. The zero-order valence-corrected chi connectivity index (χ0v) is 12.2. The minimum absolute atomic E-state index is 0.0951. The second kappa shape index (κ2) is 7.08. The summed E-state index contributed by atoms with van der Waals surface area (Å²) in [5.41, 5.74) is 6.40. The molecule has 4 N–H and O–H groups in total. The molecule has 1 amide bonds. The van der Waals surface area contributed by atoms with Crippen LogP contribution in [0.15, 0.2) is 35.5 Å². The Labute approximate surface area is 124 Å². The van der Waals surface area contributed by atoms with Crippen LogP contribution >= 0.6 is 0 Å². The highest BCUT2D eigenvalue weighted by Crippen LogP contribution is 2.17. The number of hydrogen-bond donors (Lipinski definition) is 3. The number of nitrogens with one attached hydrogen (secondary N) is 1. The van der Waals surface area contributed by atoms with E-state index >= 15 is 0 Å². The van der Waals surface area contributed by atoms with Gasteiger partial charge in [0.2, 0.25) is 5.91 Å². The van der Waals surface area contributed by atoms with E-state index in [4.69, 9.17) is 10.9 Å². The number of oxime groups is 1. The molecular weight excluding hydrogens is 268 g/mol. The lowest BCUT2D eigenvalue weighted by Gasteiger charge is -2.18. The van der Waals surface area contributed by atoms with Crippen LogP contribution in [0.4, 0.5) is 0 Å². The van der Waals surface area contributed by atoms with E-state index in [-0.39, 0.29) is 11.7 Å². The van der Waals surface area contributed by atoms with Gasteiger partial charge < -0.3 is 21.2 Å². The highest BCUT2D eigenvalue weighted by molar-refractivity contribution is 6.07. The summed E-state index contributed by atoms with van der Waals surface area (Å²) in [4.78, 5) is 14.6. The van der Waals surface area contributed by atoms with Crippen LogP contribution < -0.4 is 11.1 Å². The highest BCUT2D eigenvalue weighted by atomic mass is 16.4. The number of nitrogens with zero attached hydrogens (tertiary/aromatic N) is 2. The summed E-state index contributed by atoms with van der Waals surface area (Å²) in [6.07, 6.45) is 1.08. The first-order valence-corrected chi connectivity index (χ1v) is 7.10. The quantitative estimate of drug-likeness (QED) is 0.320. The van der Waals surface area contributed by atoms with Crippen LogP contribution in [0.1, 0.15) is 17.9 Å². The van der Waals surface area contributed by atoms with Gasteiger partial charge >= 0.3 is 0 Å². The molecule has 1 aliphatic rings. The summed E-state index contributed by atoms with van der Waals surface area (Å²) >= 11 is 0. The van der Waals surface area contributed by atoms with Crippen LogP contribution in [0.2, 0.25) is 0 Å². The zero-order chi connectivity index (χ0) is 15.2. The van der Waals surface area contributed by atoms with Gasteiger partial charge in [-0.2, -0.15) is 0 Å². The molecule has 21 heavy (non-hydrogen) atoms. The maximum atomic E-state index is 12.4. The molecule has 1 saturated heterocycles. The first-order valence-electron chi connectivity index (χ1n) is 7.10. The van der Waals surface area contributed by atoms with Crippen LogP contribution in [0.5, 0.6) is 0 Å². The van der Waals surface area contributed by atoms with Crippen molar-refractivity contribution in [2.45, 2.75) is 12.3 Å². The maximum Gasteiger partial charge on any atom is 0.235 e. The molecule has 1 aliphatic heterocycles. The van der Waals surface area contributed by atoms with Gasteiger partial charge in [-0.1, -0.05) is 35.5 Å². The van der Waals surface area contributed by atoms with E-state index < -0.39 is 5.92 Å². The van der Waals surface area contributed by atoms with Gasteiger partial charge in [-0.15, -0.1) is 0 Å². The van der Waals surface area contributed by atoms with Crippen LogP contribution in [0.25, 0.3) is 0 Å². The minimum atomic E-state index is -0.754. The third kappa shape index (κ3) is 3.95. The van der Waals surface area contributed by atoms with Gasteiger partial charge in [-0.25, -0.2) is 0 Å². The van der Waals surface area contributed by atoms with E-state index in [9.17, 15) is 4.79 Å². The van der Waals surface area contributed by atoms with Crippen molar-refractivity contribution in [3.63, 3.8) is 0 Å². The Morgan fingerprint density at radius 2 is 2.24 bits per heavy atom. The summed E-state index contributed by atoms with van der Waals surface area (Å²) in [6.45, 7) is 2.66. The SMILES string of the molecule is CN1CCC(CNC(=O)C(C(N)=NO)c2ccccc2)C1. The van der Waals surface area contributed by atoms with E-state index in [0.717, 1.165) is 19.5 Å². The third-order valence-electron chi connectivity index (χ3n) is 3.86. The van der Waals surface area contributed by atoms with Crippen LogP contribution in [-0.4, -0.2) is 48.5 Å². The Morgan fingerprint density at radius 3 is 2.81 bits per heavy atom. The number of rotatable bonds is 5. The Hall–Kier alpha value is -2.08. The van der Waals surface area contributed by atoms with Crippen molar-refractivity contribution in [3.8, 4) is 0 Å². The highest BCUT2D eigenvalue weighted by Gasteiger charge is 2.27. The van der Waals surface area contributed by atoms with Gasteiger partial charge in [0.15, 0.2) is 5.84 Å². The average Bonchev–Trinajstić information content (AvgIpc) is 2.92. The zero-order valence-electron chi connectivity index (χ0n) is 12.2. The molecule has 1 aromatic rings. The molecule has 0 radical (unpaired) electrons. The molecule has 1 heterocycles. The third-order valence-corrected chi connectivity index (χ3v) is 3.86. The molecule has 2 unspecified atom stereocenters. The Bertz CT molecular complexity index is 504. The molecule has 2 atom stereocenters. The number of carbonyl (C=O) groups excluding carboxylic acids is 1. The minimum Gasteiger partial charge on any atom is -0.409 e. The second-order valence-corrected chi connectivity index (χ2v) is 5.53. The van der Waals surface area contributed by atoms with Gasteiger partial charge in [0.25, 0.3) is 0 Å².